The molecule has 0 atom stereocenters. The van der Waals surface area contributed by atoms with Crippen molar-refractivity contribution >= 4 is 16.5 Å². The smallest absolute Gasteiger partial charge is 0.243 e. The maximum absolute atomic E-state index is 5.59. The number of hydrogen-bond acceptors (Lipinski definition) is 0. The van der Waals surface area contributed by atoms with Crippen LogP contribution in [0.4, 0.5) is 0 Å². The third-order valence-electron chi connectivity index (χ3n) is 1.53. The minimum atomic E-state index is 0.763. The van der Waals surface area contributed by atoms with Gasteiger partial charge in [0.15, 0.2) is 6.26 Å². The minimum Gasteiger partial charge on any atom is -0.243 e. The fraction of sp³-hybridized carbons (Fsp3) is 0.222. The second-order valence-electron chi connectivity index (χ2n) is 2.41. The molecule has 0 fully saturated rings. The van der Waals surface area contributed by atoms with E-state index in [1.165, 1.54) is 16.9 Å². The summed E-state index contributed by atoms with van der Waals surface area (Å²) in [6.45, 7) is 0.799. The van der Waals surface area contributed by atoms with Crippen LogP contribution < -0.4 is 11.1 Å². The van der Waals surface area contributed by atoms with Crippen molar-refractivity contribution in [2.24, 2.45) is 5.73 Å². The third-order valence-corrected chi connectivity index (χ3v) is 2.11. The summed E-state index contributed by atoms with van der Waals surface area (Å²) in [5, 5.41) is 3.87. The molecule has 3 heteroatoms. The molecule has 3 N–H and O–H groups in total. The zero-order valence-corrected chi connectivity index (χ0v) is 7.90. The minimum absolute atomic E-state index is 0.763. The van der Waals surface area contributed by atoms with Crippen molar-refractivity contribution in [1.29, 1.82) is 0 Å². The molecule has 0 radical (unpaired) electrons. The van der Waals surface area contributed by atoms with Gasteiger partial charge >= 0.3 is 5.11 Å². The molecule has 2 nitrogen and oxygen atoms in total. The monoisotopic (exact) mass is 181 g/mol. The van der Waals surface area contributed by atoms with Gasteiger partial charge in [0, 0.05) is 6.54 Å². The van der Waals surface area contributed by atoms with E-state index in [0.717, 1.165) is 11.7 Å². The van der Waals surface area contributed by atoms with Gasteiger partial charge in [0.1, 0.15) is 0 Å². The normalized spacial score (nSPS) is 11.7. The molecule has 64 valence electrons. The topological polar surface area (TPSA) is 38.0 Å². The summed E-state index contributed by atoms with van der Waals surface area (Å²) in [5.41, 5.74) is 6.83. The van der Waals surface area contributed by atoms with E-state index in [4.69, 9.17) is 5.73 Å². The second kappa shape index (κ2) is 4.98. The van der Waals surface area contributed by atoms with Gasteiger partial charge in [0.2, 0.25) is 11.4 Å². The Morgan fingerprint density at radius 3 is 2.67 bits per heavy atom. The van der Waals surface area contributed by atoms with Gasteiger partial charge in [0.05, 0.1) is 0 Å². The lowest BCUT2D eigenvalue weighted by Crippen LogP contribution is -2.31. The third kappa shape index (κ3) is 3.09. The van der Waals surface area contributed by atoms with Crippen molar-refractivity contribution in [3.05, 3.63) is 35.9 Å². The fourth-order valence-electron chi connectivity index (χ4n) is 0.857. The maximum atomic E-state index is 5.59. The maximum Gasteiger partial charge on any atom is 0.317 e. The molecular weight excluding hydrogens is 168 g/mol. The molecule has 1 aromatic rings. The first-order valence-corrected chi connectivity index (χ1v) is 4.99. The van der Waals surface area contributed by atoms with Crippen molar-refractivity contribution in [1.82, 2.24) is 5.32 Å². The number of nitrogens with one attached hydrogen (secondary N) is 1. The van der Waals surface area contributed by atoms with Crippen molar-refractivity contribution in [2.45, 2.75) is 6.54 Å². The van der Waals surface area contributed by atoms with Gasteiger partial charge in [0.25, 0.3) is 0 Å². The Hall–Kier alpha value is -0.770. The van der Waals surface area contributed by atoms with E-state index in [2.05, 4.69) is 17.4 Å². The van der Waals surface area contributed by atoms with Gasteiger partial charge in [-0.15, -0.1) is 0 Å². The molecular formula is C9H13N2S+. The molecule has 0 spiro atoms. The van der Waals surface area contributed by atoms with Crippen LogP contribution in [0.1, 0.15) is 5.56 Å². The first-order valence-electron chi connectivity index (χ1n) is 3.77. The highest BCUT2D eigenvalue weighted by atomic mass is 32.1. The molecule has 0 amide bonds. The quantitative estimate of drug-likeness (QED) is 0.516. The van der Waals surface area contributed by atoms with Gasteiger partial charge in [-0.05, 0) is 5.56 Å². The lowest BCUT2D eigenvalue weighted by molar-refractivity contribution is 0.920. The van der Waals surface area contributed by atoms with Crippen molar-refractivity contribution in [2.75, 3.05) is 6.26 Å². The lowest BCUT2D eigenvalue weighted by Gasteiger charge is -1.97. The summed E-state index contributed by atoms with van der Waals surface area (Å²) >= 11 is 1.53. The summed E-state index contributed by atoms with van der Waals surface area (Å²) in [6, 6.07) is 10.2. The highest BCUT2D eigenvalue weighted by Crippen LogP contribution is 1.96. The van der Waals surface area contributed by atoms with Crippen LogP contribution in [0.25, 0.3) is 0 Å². The zero-order chi connectivity index (χ0) is 8.81. The molecule has 0 aliphatic heterocycles. The average Bonchev–Trinajstić information content (AvgIpc) is 2.16. The predicted octanol–water partition coefficient (Wildman–Crippen LogP) is 0.535. The van der Waals surface area contributed by atoms with E-state index >= 15 is 0 Å². The predicted molar refractivity (Wildman–Crippen MR) is 55.8 cm³/mol. The SMILES string of the molecule is C/[S+]=C(\N)NCc1ccccc1. The van der Waals surface area contributed by atoms with E-state index in [9.17, 15) is 0 Å². The molecule has 0 unspecified atom stereocenters. The van der Waals surface area contributed by atoms with Crippen molar-refractivity contribution in [3.63, 3.8) is 0 Å². The van der Waals surface area contributed by atoms with Crippen LogP contribution >= 0.6 is 0 Å². The summed E-state index contributed by atoms with van der Waals surface area (Å²) < 4.78 is 0. The molecule has 0 aliphatic rings. The highest BCUT2D eigenvalue weighted by Gasteiger charge is 1.98. The molecule has 12 heavy (non-hydrogen) atoms. The largest absolute Gasteiger partial charge is 0.317 e. The number of nitrogens with two attached hydrogens (primary N) is 1. The lowest BCUT2D eigenvalue weighted by atomic mass is 10.2. The summed E-state index contributed by atoms with van der Waals surface area (Å²) in [6.07, 6.45) is 1.95. The summed E-state index contributed by atoms with van der Waals surface area (Å²) in [5.74, 6) is 0. The Kier molecular flexibility index (Phi) is 3.87. The Balaban J connectivity index is 2.44. The molecule has 0 saturated heterocycles. The Labute approximate surface area is 76.7 Å². The first-order chi connectivity index (χ1) is 5.83. The van der Waals surface area contributed by atoms with Crippen LogP contribution in [-0.2, 0) is 17.9 Å². The number of hydrogen-bond donors (Lipinski definition) is 2. The van der Waals surface area contributed by atoms with E-state index in [-0.39, 0.29) is 0 Å². The van der Waals surface area contributed by atoms with Crippen LogP contribution in [0, 0.1) is 0 Å². The summed E-state index contributed by atoms with van der Waals surface area (Å²) in [7, 11) is 0. The van der Waals surface area contributed by atoms with E-state index in [1.807, 2.05) is 24.5 Å². The molecule has 0 saturated carbocycles. The van der Waals surface area contributed by atoms with Crippen molar-refractivity contribution in [3.8, 4) is 0 Å². The first kappa shape index (κ1) is 9.32. The average molecular weight is 181 g/mol. The molecule has 0 aliphatic carbocycles. The van der Waals surface area contributed by atoms with Crippen LogP contribution in [0.5, 0.6) is 0 Å². The zero-order valence-electron chi connectivity index (χ0n) is 7.08. The van der Waals surface area contributed by atoms with E-state index in [0.29, 0.717) is 0 Å². The Morgan fingerprint density at radius 1 is 1.42 bits per heavy atom. The summed E-state index contributed by atoms with van der Waals surface area (Å²) in [4.78, 5) is 0. The fourth-order valence-corrected chi connectivity index (χ4v) is 1.07. The van der Waals surface area contributed by atoms with Crippen LogP contribution in [0.3, 0.4) is 0 Å². The molecule has 0 aromatic heterocycles. The van der Waals surface area contributed by atoms with Crippen LogP contribution in [0.15, 0.2) is 30.3 Å². The van der Waals surface area contributed by atoms with Gasteiger partial charge < -0.3 is 0 Å². The number of rotatable bonds is 2. The van der Waals surface area contributed by atoms with Crippen molar-refractivity contribution < 1.29 is 0 Å². The van der Waals surface area contributed by atoms with Gasteiger partial charge in [-0.2, -0.15) is 0 Å². The van der Waals surface area contributed by atoms with Gasteiger partial charge in [-0.25, -0.2) is 11.1 Å². The Bertz CT molecular complexity index is 256. The Morgan fingerprint density at radius 2 is 2.08 bits per heavy atom. The van der Waals surface area contributed by atoms with Gasteiger partial charge in [-0.1, -0.05) is 30.3 Å². The number of benzene rings is 1. The molecule has 0 bridgehead atoms. The molecule has 1 rings (SSSR count). The van der Waals surface area contributed by atoms with Gasteiger partial charge in [-0.3, -0.25) is 0 Å². The molecule has 1 aromatic carbocycles. The highest BCUT2D eigenvalue weighted by molar-refractivity contribution is 7.77. The standard InChI is InChI=1S/C9H13N2S/c1-12-9(10)11-7-8-5-3-2-4-6-8/h2-6,11H,7,10H2,1H3/q+1. The van der Waals surface area contributed by atoms with Crippen LogP contribution in [0.2, 0.25) is 0 Å². The van der Waals surface area contributed by atoms with E-state index < -0.39 is 0 Å². The molecule has 0 heterocycles. The second-order valence-corrected chi connectivity index (χ2v) is 3.26. The van der Waals surface area contributed by atoms with Crippen LogP contribution in [-0.4, -0.2) is 11.4 Å². The van der Waals surface area contributed by atoms with E-state index in [1.54, 1.807) is 0 Å².